The third-order valence-electron chi connectivity index (χ3n) is 2.88. The monoisotopic (exact) mass is 377 g/mol. The number of fused-ring (bicyclic) bond motifs is 1. The molecule has 0 aromatic carbocycles. The number of halogens is 4. The molecule has 0 aliphatic rings. The van der Waals surface area contributed by atoms with Gasteiger partial charge in [-0.05, 0) is 19.1 Å². The molecule has 23 heavy (non-hydrogen) atoms. The molecule has 3 heterocycles. The summed E-state index contributed by atoms with van der Waals surface area (Å²) < 4.78 is 39.2. The average molecular weight is 378 g/mol. The van der Waals surface area contributed by atoms with Crippen molar-refractivity contribution in [3.05, 3.63) is 48.2 Å². The van der Waals surface area contributed by atoms with Crippen molar-refractivity contribution in [1.82, 2.24) is 14.4 Å². The molecule has 4 nitrogen and oxygen atoms in total. The molecule has 0 amide bonds. The van der Waals surface area contributed by atoms with E-state index in [4.69, 9.17) is 11.6 Å². The number of rotatable bonds is 2. The van der Waals surface area contributed by atoms with Gasteiger partial charge in [0.25, 0.3) is 5.56 Å². The number of aryl methyl sites for hydroxylation is 1. The summed E-state index contributed by atoms with van der Waals surface area (Å²) in [6.45, 7) is 1.84. The van der Waals surface area contributed by atoms with E-state index in [-0.39, 0.29) is 15.7 Å². The topological polar surface area (TPSA) is 47.3 Å². The largest absolute Gasteiger partial charge is 0.432 e. The molecule has 10 heteroatoms. The van der Waals surface area contributed by atoms with Crippen molar-refractivity contribution in [3.63, 3.8) is 0 Å². The molecule has 0 bridgehead atoms. The van der Waals surface area contributed by atoms with Crippen molar-refractivity contribution in [1.29, 1.82) is 0 Å². The van der Waals surface area contributed by atoms with Gasteiger partial charge < -0.3 is 0 Å². The third kappa shape index (κ3) is 3.04. The summed E-state index contributed by atoms with van der Waals surface area (Å²) >= 11 is 8.06. The first kappa shape index (κ1) is 16.2. The van der Waals surface area contributed by atoms with Crippen LogP contribution in [-0.4, -0.2) is 14.4 Å². The van der Waals surface area contributed by atoms with Crippen LogP contribution in [0, 0.1) is 6.92 Å². The highest BCUT2D eigenvalue weighted by Crippen LogP contribution is 2.32. The smallest absolute Gasteiger partial charge is 0.267 e. The SMILES string of the molecule is Cc1ncc(/C=C/c2nc3scc(C(F)(F)F)n3c(=O)c2Cl)s1. The van der Waals surface area contributed by atoms with Gasteiger partial charge in [0.1, 0.15) is 10.7 Å². The van der Waals surface area contributed by atoms with Gasteiger partial charge in [0.2, 0.25) is 0 Å². The molecule has 0 N–H and O–H groups in total. The van der Waals surface area contributed by atoms with E-state index in [9.17, 15) is 18.0 Å². The summed E-state index contributed by atoms with van der Waals surface area (Å²) in [6.07, 6.45) is 0.143. The lowest BCUT2D eigenvalue weighted by atomic mass is 10.3. The van der Waals surface area contributed by atoms with E-state index in [0.717, 1.165) is 26.6 Å². The first-order chi connectivity index (χ1) is 10.8. The number of nitrogens with zero attached hydrogens (tertiary/aromatic N) is 3. The molecular formula is C13H7ClF3N3OS2. The van der Waals surface area contributed by atoms with Gasteiger partial charge in [-0.25, -0.2) is 14.4 Å². The highest BCUT2D eigenvalue weighted by Gasteiger charge is 2.35. The maximum absolute atomic E-state index is 12.9. The van der Waals surface area contributed by atoms with E-state index in [1.165, 1.54) is 17.4 Å². The number of aromatic nitrogens is 3. The van der Waals surface area contributed by atoms with Crippen LogP contribution in [0.15, 0.2) is 16.4 Å². The Morgan fingerprint density at radius 3 is 2.70 bits per heavy atom. The van der Waals surface area contributed by atoms with Crippen molar-refractivity contribution in [3.8, 4) is 0 Å². The first-order valence-corrected chi connectivity index (χ1v) is 8.22. The summed E-state index contributed by atoms with van der Waals surface area (Å²) in [4.78, 5) is 21.0. The predicted octanol–water partition coefficient (Wildman–Crippen LogP) is 4.36. The Hall–Kier alpha value is -1.71. The Kier molecular flexibility index (Phi) is 4.03. The Balaban J connectivity index is 2.12. The summed E-state index contributed by atoms with van der Waals surface area (Å²) in [5.41, 5.74) is -1.89. The van der Waals surface area contributed by atoms with Gasteiger partial charge >= 0.3 is 6.18 Å². The summed E-state index contributed by atoms with van der Waals surface area (Å²) in [5, 5.41) is 1.36. The molecule has 0 fully saturated rings. The lowest BCUT2D eigenvalue weighted by Gasteiger charge is -2.06. The van der Waals surface area contributed by atoms with Gasteiger partial charge in [-0.15, -0.1) is 22.7 Å². The number of hydrogen-bond acceptors (Lipinski definition) is 5. The minimum atomic E-state index is -4.65. The van der Waals surface area contributed by atoms with Crippen molar-refractivity contribution in [2.45, 2.75) is 13.1 Å². The van der Waals surface area contributed by atoms with Gasteiger partial charge in [0, 0.05) is 16.5 Å². The molecule has 0 unspecified atom stereocenters. The van der Waals surface area contributed by atoms with E-state index in [2.05, 4.69) is 9.97 Å². The second kappa shape index (κ2) is 5.73. The quantitative estimate of drug-likeness (QED) is 0.666. The molecule has 3 aromatic heterocycles. The zero-order valence-electron chi connectivity index (χ0n) is 11.4. The molecule has 3 rings (SSSR count). The van der Waals surface area contributed by atoms with Gasteiger partial charge in [0.15, 0.2) is 4.96 Å². The van der Waals surface area contributed by atoms with E-state index in [1.54, 1.807) is 12.3 Å². The fourth-order valence-corrected chi connectivity index (χ4v) is 3.64. The lowest BCUT2D eigenvalue weighted by Crippen LogP contribution is -2.21. The molecule has 0 aliphatic carbocycles. The fraction of sp³-hybridized carbons (Fsp3) is 0.154. The third-order valence-corrected chi connectivity index (χ3v) is 4.93. The van der Waals surface area contributed by atoms with Crippen molar-refractivity contribution in [2.24, 2.45) is 0 Å². The van der Waals surface area contributed by atoms with Crippen molar-refractivity contribution in [2.75, 3.05) is 0 Å². The predicted molar refractivity (Wildman–Crippen MR) is 85.1 cm³/mol. The van der Waals surface area contributed by atoms with E-state index in [0.29, 0.717) is 4.40 Å². The van der Waals surface area contributed by atoms with Gasteiger partial charge in [-0.1, -0.05) is 11.6 Å². The molecule has 0 atom stereocenters. The molecule has 0 saturated heterocycles. The van der Waals surface area contributed by atoms with Crippen molar-refractivity contribution < 1.29 is 13.2 Å². The van der Waals surface area contributed by atoms with Crippen LogP contribution in [0.4, 0.5) is 13.2 Å². The summed E-state index contributed by atoms with van der Waals surface area (Å²) in [5.74, 6) is 0. The maximum Gasteiger partial charge on any atom is 0.432 e. The molecule has 0 radical (unpaired) electrons. The zero-order valence-corrected chi connectivity index (χ0v) is 13.8. The molecule has 0 saturated carbocycles. The summed E-state index contributed by atoms with van der Waals surface area (Å²) in [7, 11) is 0. The normalized spacial score (nSPS) is 12.6. The maximum atomic E-state index is 12.9. The van der Waals surface area contributed by atoms with Crippen LogP contribution in [0.2, 0.25) is 5.02 Å². The summed E-state index contributed by atoms with van der Waals surface area (Å²) in [6, 6.07) is 0. The minimum absolute atomic E-state index is 0.0631. The van der Waals surface area contributed by atoms with Crippen LogP contribution in [0.3, 0.4) is 0 Å². The number of alkyl halides is 3. The average Bonchev–Trinajstić information content (AvgIpc) is 3.07. The number of thiazole rings is 2. The van der Waals surface area contributed by atoms with Crippen LogP contribution in [0.25, 0.3) is 17.1 Å². The Morgan fingerprint density at radius 2 is 2.09 bits per heavy atom. The number of hydrogen-bond donors (Lipinski definition) is 0. The highest BCUT2D eigenvalue weighted by molar-refractivity contribution is 7.15. The van der Waals surface area contributed by atoms with E-state index in [1.807, 2.05) is 6.92 Å². The highest BCUT2D eigenvalue weighted by atomic mass is 35.5. The second-order valence-corrected chi connectivity index (χ2v) is 6.95. The van der Waals surface area contributed by atoms with Crippen LogP contribution >= 0.6 is 34.3 Å². The molecule has 3 aromatic rings. The zero-order chi connectivity index (χ0) is 16.8. The Labute approximate surface area is 140 Å². The first-order valence-electron chi connectivity index (χ1n) is 6.15. The standard InChI is InChI=1S/C13H7ClF3N3OS2/c1-6-18-4-7(23-6)2-3-8-10(14)11(21)20-9(13(15,16)17)5-22-12(20)19-8/h2-5H,1H3/b3-2+. The van der Waals surface area contributed by atoms with Crippen LogP contribution in [0.1, 0.15) is 21.3 Å². The van der Waals surface area contributed by atoms with Gasteiger partial charge in [-0.2, -0.15) is 13.2 Å². The van der Waals surface area contributed by atoms with Gasteiger partial charge in [0.05, 0.1) is 10.7 Å². The minimum Gasteiger partial charge on any atom is -0.267 e. The fourth-order valence-electron chi connectivity index (χ4n) is 1.87. The molecule has 120 valence electrons. The molecular weight excluding hydrogens is 371 g/mol. The molecule has 0 aliphatic heterocycles. The van der Waals surface area contributed by atoms with E-state index >= 15 is 0 Å². The Morgan fingerprint density at radius 1 is 1.35 bits per heavy atom. The second-order valence-electron chi connectivity index (χ2n) is 4.47. The van der Waals surface area contributed by atoms with Crippen LogP contribution < -0.4 is 5.56 Å². The lowest BCUT2D eigenvalue weighted by molar-refractivity contribution is -0.141. The van der Waals surface area contributed by atoms with Crippen molar-refractivity contribution >= 4 is 51.4 Å². The Bertz CT molecular complexity index is 971. The van der Waals surface area contributed by atoms with Crippen LogP contribution in [0.5, 0.6) is 0 Å². The van der Waals surface area contributed by atoms with Crippen LogP contribution in [-0.2, 0) is 6.18 Å². The van der Waals surface area contributed by atoms with Gasteiger partial charge in [-0.3, -0.25) is 4.79 Å². The molecule has 0 spiro atoms. The van der Waals surface area contributed by atoms with E-state index < -0.39 is 17.4 Å².